The van der Waals surface area contributed by atoms with E-state index in [0.29, 0.717) is 18.0 Å². The molecule has 156 valence electrons. The summed E-state index contributed by atoms with van der Waals surface area (Å²) in [6.07, 6.45) is 1.79. The predicted molar refractivity (Wildman–Crippen MR) is 108 cm³/mol. The summed E-state index contributed by atoms with van der Waals surface area (Å²) in [6.45, 7) is 6.09. The molecule has 1 aromatic rings. The van der Waals surface area contributed by atoms with Gasteiger partial charge in [0, 0.05) is 13.0 Å². The van der Waals surface area contributed by atoms with Crippen molar-refractivity contribution < 1.29 is 22.7 Å². The summed E-state index contributed by atoms with van der Waals surface area (Å²) in [4.78, 5) is 12.2. The third-order valence-corrected chi connectivity index (χ3v) is 4.31. The van der Waals surface area contributed by atoms with Gasteiger partial charge in [-0.1, -0.05) is 32.8 Å². The second kappa shape index (κ2) is 11.5. The van der Waals surface area contributed by atoms with Crippen molar-refractivity contribution in [3.8, 4) is 23.3 Å². The Bertz CT molecular complexity index is 813. The molecule has 3 N–H and O–H groups in total. The fourth-order valence-corrected chi connectivity index (χ4v) is 3.11. The predicted octanol–water partition coefficient (Wildman–Crippen LogP) is 1.18. The summed E-state index contributed by atoms with van der Waals surface area (Å²) in [7, 11) is -1.95. The van der Waals surface area contributed by atoms with E-state index in [1.807, 2.05) is 13.0 Å². The highest BCUT2D eigenvalue weighted by Gasteiger charge is 2.25. The first kappa shape index (κ1) is 23.8. The molecule has 0 bridgehead atoms. The molecule has 0 saturated heterocycles. The molecule has 0 spiro atoms. The van der Waals surface area contributed by atoms with Gasteiger partial charge in [0.05, 0.1) is 13.4 Å². The van der Waals surface area contributed by atoms with Gasteiger partial charge in [-0.15, -0.1) is 5.92 Å². The number of sulfonamides is 1. The number of ether oxygens (including phenoxy) is 2. The normalized spacial score (nSPS) is 12.1. The summed E-state index contributed by atoms with van der Waals surface area (Å²) in [5.74, 6) is 6.30. The molecule has 9 heteroatoms. The first-order chi connectivity index (χ1) is 13.2. The van der Waals surface area contributed by atoms with Crippen LogP contribution in [-0.4, -0.2) is 40.3 Å². The van der Waals surface area contributed by atoms with Crippen LogP contribution in [0, 0.1) is 17.8 Å². The van der Waals surface area contributed by atoms with Crippen LogP contribution in [0.2, 0.25) is 0 Å². The summed E-state index contributed by atoms with van der Waals surface area (Å²) in [5, 5.41) is 0. The van der Waals surface area contributed by atoms with Gasteiger partial charge in [0.2, 0.25) is 10.0 Å². The highest BCUT2D eigenvalue weighted by atomic mass is 32.2. The average molecular weight is 412 g/mol. The number of methoxy groups -OCH3 is 1. The molecule has 0 aliphatic rings. The second-order valence-corrected chi connectivity index (χ2v) is 8.22. The van der Waals surface area contributed by atoms with Crippen LogP contribution in [0.1, 0.15) is 32.8 Å². The van der Waals surface area contributed by atoms with Crippen molar-refractivity contribution >= 4 is 15.9 Å². The van der Waals surface area contributed by atoms with E-state index < -0.39 is 22.0 Å². The molecule has 0 saturated carbocycles. The highest BCUT2D eigenvalue weighted by Crippen LogP contribution is 2.27. The minimum Gasteiger partial charge on any atom is -0.493 e. The lowest BCUT2D eigenvalue weighted by molar-refractivity contribution is -0.124. The molecule has 0 aliphatic carbocycles. The zero-order chi connectivity index (χ0) is 21.2. The van der Waals surface area contributed by atoms with E-state index in [4.69, 9.17) is 9.47 Å². The summed E-state index contributed by atoms with van der Waals surface area (Å²) in [5.41, 5.74) is 6.18. The molecule has 8 nitrogen and oxygen atoms in total. The maximum absolute atomic E-state index is 12.2. The topological polar surface area (TPSA) is 106 Å². The molecule has 1 rings (SSSR count). The Labute approximate surface area is 167 Å². The Morgan fingerprint density at radius 1 is 1.21 bits per heavy atom. The number of carbonyl (C=O) groups is 1. The first-order valence-electron chi connectivity index (χ1n) is 8.93. The van der Waals surface area contributed by atoms with E-state index in [1.165, 1.54) is 0 Å². The molecule has 0 fully saturated rings. The maximum atomic E-state index is 12.2. The van der Waals surface area contributed by atoms with Gasteiger partial charge in [-0.2, -0.15) is 0 Å². The molecular weight excluding hydrogens is 382 g/mol. The van der Waals surface area contributed by atoms with Gasteiger partial charge in [-0.3, -0.25) is 10.2 Å². The fourth-order valence-electron chi connectivity index (χ4n) is 2.27. The maximum Gasteiger partial charge on any atom is 0.252 e. The zero-order valence-electron chi connectivity index (χ0n) is 17.0. The second-order valence-electron chi connectivity index (χ2n) is 6.44. The molecule has 1 amide bonds. The highest BCUT2D eigenvalue weighted by molar-refractivity contribution is 7.88. The van der Waals surface area contributed by atoms with Crippen LogP contribution < -0.4 is 25.0 Å². The van der Waals surface area contributed by atoms with E-state index >= 15 is 0 Å². The lowest BCUT2D eigenvalue weighted by Gasteiger charge is -2.20. The molecule has 0 unspecified atom stereocenters. The van der Waals surface area contributed by atoms with Crippen molar-refractivity contribution in [2.45, 2.75) is 39.8 Å². The standard InChI is InChI=1S/C19H29N3O5S/c1-6-7-8-11-27-16-10-9-15(12-17(16)26-4)13-20-21-19(23)18(14(2)3)22-28(5,24)25/h9-10,12,14,18,20,22H,6,11,13H2,1-5H3,(H,21,23)/t18-/m0/s1. The van der Waals surface area contributed by atoms with Crippen LogP contribution in [0.4, 0.5) is 0 Å². The van der Waals surface area contributed by atoms with Crippen molar-refractivity contribution in [1.82, 2.24) is 15.6 Å². The van der Waals surface area contributed by atoms with Crippen molar-refractivity contribution in [1.29, 1.82) is 0 Å². The molecule has 1 atom stereocenters. The molecular formula is C19H29N3O5S. The summed E-state index contributed by atoms with van der Waals surface area (Å²) in [6, 6.07) is 4.53. The van der Waals surface area contributed by atoms with E-state index in [-0.39, 0.29) is 12.5 Å². The zero-order valence-corrected chi connectivity index (χ0v) is 17.8. The molecule has 28 heavy (non-hydrogen) atoms. The van der Waals surface area contributed by atoms with Gasteiger partial charge in [-0.25, -0.2) is 18.6 Å². The average Bonchev–Trinajstić information content (AvgIpc) is 2.62. The van der Waals surface area contributed by atoms with Crippen molar-refractivity contribution in [3.63, 3.8) is 0 Å². The summed E-state index contributed by atoms with van der Waals surface area (Å²) >= 11 is 0. The Kier molecular flexibility index (Phi) is 9.79. The van der Waals surface area contributed by atoms with E-state index in [1.54, 1.807) is 33.1 Å². The SMILES string of the molecule is CCC#CCOc1ccc(CNNC(=O)[C@@H](NS(C)(=O)=O)C(C)C)cc1OC. The van der Waals surface area contributed by atoms with Gasteiger partial charge < -0.3 is 9.47 Å². The lowest BCUT2D eigenvalue weighted by atomic mass is 10.1. The van der Waals surface area contributed by atoms with Gasteiger partial charge in [0.1, 0.15) is 12.6 Å². The quantitative estimate of drug-likeness (QED) is 0.394. The molecule has 0 radical (unpaired) electrons. The molecule has 0 heterocycles. The minimum atomic E-state index is -3.49. The smallest absolute Gasteiger partial charge is 0.252 e. The van der Waals surface area contributed by atoms with Crippen LogP contribution in [0.3, 0.4) is 0 Å². The van der Waals surface area contributed by atoms with Gasteiger partial charge in [-0.05, 0) is 23.6 Å². The largest absolute Gasteiger partial charge is 0.493 e. The van der Waals surface area contributed by atoms with E-state index in [0.717, 1.165) is 18.2 Å². The van der Waals surface area contributed by atoms with Crippen LogP contribution in [-0.2, 0) is 21.4 Å². The number of hydrazine groups is 1. The number of carbonyl (C=O) groups excluding carboxylic acids is 1. The first-order valence-corrected chi connectivity index (χ1v) is 10.8. The van der Waals surface area contributed by atoms with Gasteiger partial charge in [0.15, 0.2) is 11.5 Å². The molecule has 0 aliphatic heterocycles. The number of amides is 1. The van der Waals surface area contributed by atoms with Crippen LogP contribution in [0.15, 0.2) is 18.2 Å². The van der Waals surface area contributed by atoms with Crippen molar-refractivity contribution in [3.05, 3.63) is 23.8 Å². The molecule has 0 aromatic heterocycles. The number of rotatable bonds is 10. The lowest BCUT2D eigenvalue weighted by Crippen LogP contribution is -2.52. The number of nitrogens with one attached hydrogen (secondary N) is 3. The Balaban J connectivity index is 2.65. The fraction of sp³-hybridized carbons (Fsp3) is 0.526. The Morgan fingerprint density at radius 2 is 1.93 bits per heavy atom. The van der Waals surface area contributed by atoms with Crippen molar-refractivity contribution in [2.24, 2.45) is 5.92 Å². The van der Waals surface area contributed by atoms with Crippen molar-refractivity contribution in [2.75, 3.05) is 20.0 Å². The van der Waals surface area contributed by atoms with Crippen LogP contribution in [0.5, 0.6) is 11.5 Å². The number of hydrogen-bond acceptors (Lipinski definition) is 6. The van der Waals surface area contributed by atoms with E-state index in [9.17, 15) is 13.2 Å². The Hall–Kier alpha value is -2.28. The monoisotopic (exact) mass is 411 g/mol. The minimum absolute atomic E-state index is 0.205. The third-order valence-electron chi connectivity index (χ3n) is 3.62. The molecule has 1 aromatic carbocycles. The van der Waals surface area contributed by atoms with Crippen LogP contribution >= 0.6 is 0 Å². The van der Waals surface area contributed by atoms with Gasteiger partial charge in [0.25, 0.3) is 5.91 Å². The third kappa shape index (κ3) is 8.61. The van der Waals surface area contributed by atoms with E-state index in [2.05, 4.69) is 27.4 Å². The number of hydrogen-bond donors (Lipinski definition) is 3. The Morgan fingerprint density at radius 3 is 2.50 bits per heavy atom. The van der Waals surface area contributed by atoms with Crippen LogP contribution in [0.25, 0.3) is 0 Å². The van der Waals surface area contributed by atoms with Gasteiger partial charge >= 0.3 is 0 Å². The number of benzene rings is 1. The summed E-state index contributed by atoms with van der Waals surface area (Å²) < 4.78 is 36.1.